The molecule has 1 aromatic carbocycles. The number of methoxy groups -OCH3 is 1. The molecule has 6 nitrogen and oxygen atoms in total. The first-order chi connectivity index (χ1) is 11.6. The Labute approximate surface area is 145 Å². The summed E-state index contributed by atoms with van der Waals surface area (Å²) in [5.74, 6) is 1.70. The van der Waals surface area contributed by atoms with Crippen LogP contribution in [0.15, 0.2) is 29.3 Å². The number of carbonyl (C=O) groups is 1. The Hall–Kier alpha value is -2.24. The second kappa shape index (κ2) is 11.3. The lowest BCUT2D eigenvalue weighted by atomic mass is 10.2. The van der Waals surface area contributed by atoms with Crippen LogP contribution >= 0.6 is 0 Å². The molecule has 0 aliphatic heterocycles. The van der Waals surface area contributed by atoms with Crippen LogP contribution in [0.4, 0.5) is 0 Å². The molecule has 0 atom stereocenters. The van der Waals surface area contributed by atoms with E-state index in [1.165, 1.54) is 0 Å². The van der Waals surface area contributed by atoms with E-state index >= 15 is 0 Å². The molecular formula is C18H30N4O2. The molecule has 0 bridgehead atoms. The van der Waals surface area contributed by atoms with Gasteiger partial charge < -0.3 is 20.3 Å². The van der Waals surface area contributed by atoms with Gasteiger partial charge in [-0.1, -0.05) is 12.1 Å². The lowest BCUT2D eigenvalue weighted by Crippen LogP contribution is -2.40. The van der Waals surface area contributed by atoms with Gasteiger partial charge in [-0.3, -0.25) is 4.79 Å². The van der Waals surface area contributed by atoms with Crippen molar-refractivity contribution in [2.45, 2.75) is 33.7 Å². The maximum Gasteiger partial charge on any atom is 0.224 e. The van der Waals surface area contributed by atoms with Crippen LogP contribution in [0.5, 0.6) is 5.75 Å². The van der Waals surface area contributed by atoms with E-state index in [0.717, 1.165) is 30.9 Å². The number of nitrogens with zero attached hydrogens (tertiary/aromatic N) is 2. The number of hydrogen-bond donors (Lipinski definition) is 2. The number of aliphatic imine (C=N–C) groups is 1. The highest BCUT2D eigenvalue weighted by Crippen LogP contribution is 2.13. The third-order valence-corrected chi connectivity index (χ3v) is 3.65. The van der Waals surface area contributed by atoms with E-state index in [1.54, 1.807) is 7.11 Å². The summed E-state index contributed by atoms with van der Waals surface area (Å²) in [4.78, 5) is 18.4. The first kappa shape index (κ1) is 19.8. The average molecular weight is 334 g/mol. The van der Waals surface area contributed by atoms with Crippen LogP contribution in [-0.4, -0.2) is 50.1 Å². The van der Waals surface area contributed by atoms with Crippen molar-refractivity contribution in [2.75, 3.05) is 33.3 Å². The molecule has 0 aromatic heterocycles. The summed E-state index contributed by atoms with van der Waals surface area (Å²) in [6.07, 6.45) is 0.464. The minimum atomic E-state index is 0.163. The topological polar surface area (TPSA) is 66.0 Å². The van der Waals surface area contributed by atoms with E-state index < -0.39 is 0 Å². The summed E-state index contributed by atoms with van der Waals surface area (Å²) in [6, 6.07) is 7.85. The van der Waals surface area contributed by atoms with Gasteiger partial charge >= 0.3 is 0 Å². The number of amides is 1. The quantitative estimate of drug-likeness (QED) is 0.535. The predicted molar refractivity (Wildman–Crippen MR) is 98.4 cm³/mol. The van der Waals surface area contributed by atoms with Crippen LogP contribution in [0.25, 0.3) is 0 Å². The first-order valence-electron chi connectivity index (χ1n) is 8.57. The molecule has 2 N–H and O–H groups in total. The molecule has 1 amide bonds. The van der Waals surface area contributed by atoms with Gasteiger partial charge in [0.1, 0.15) is 5.75 Å². The molecule has 0 heterocycles. The van der Waals surface area contributed by atoms with Crippen molar-refractivity contribution < 1.29 is 9.53 Å². The Morgan fingerprint density at radius 2 is 1.96 bits per heavy atom. The minimum absolute atomic E-state index is 0.163. The van der Waals surface area contributed by atoms with Crippen LogP contribution in [-0.2, 0) is 11.3 Å². The summed E-state index contributed by atoms with van der Waals surface area (Å²) in [7, 11) is 1.65. The van der Waals surface area contributed by atoms with Crippen LogP contribution in [0.2, 0.25) is 0 Å². The Balaban J connectivity index is 2.54. The Kier molecular flexibility index (Phi) is 9.34. The second-order valence-corrected chi connectivity index (χ2v) is 5.29. The van der Waals surface area contributed by atoms with Gasteiger partial charge in [0.15, 0.2) is 5.96 Å². The number of guanidine groups is 1. The van der Waals surface area contributed by atoms with Gasteiger partial charge in [-0.25, -0.2) is 4.99 Å². The molecule has 1 rings (SSSR count). The monoisotopic (exact) mass is 334 g/mol. The van der Waals surface area contributed by atoms with Crippen LogP contribution in [0.1, 0.15) is 32.8 Å². The number of carbonyl (C=O) groups excluding carboxylic acids is 1. The highest BCUT2D eigenvalue weighted by atomic mass is 16.5. The van der Waals surface area contributed by atoms with Crippen molar-refractivity contribution in [1.82, 2.24) is 15.5 Å². The van der Waals surface area contributed by atoms with Crippen molar-refractivity contribution in [3.8, 4) is 5.75 Å². The summed E-state index contributed by atoms with van der Waals surface area (Å²) in [6.45, 7) is 9.40. The molecule has 134 valence electrons. The van der Waals surface area contributed by atoms with E-state index in [-0.39, 0.29) is 5.91 Å². The van der Waals surface area contributed by atoms with Crippen LogP contribution in [0, 0.1) is 0 Å². The molecule has 0 spiro atoms. The number of rotatable bonds is 9. The van der Waals surface area contributed by atoms with Gasteiger partial charge in [0, 0.05) is 32.6 Å². The molecule has 1 aromatic rings. The van der Waals surface area contributed by atoms with E-state index in [9.17, 15) is 4.79 Å². The van der Waals surface area contributed by atoms with E-state index in [0.29, 0.717) is 25.5 Å². The third-order valence-electron chi connectivity index (χ3n) is 3.65. The van der Waals surface area contributed by atoms with Gasteiger partial charge in [0.2, 0.25) is 5.91 Å². The molecule has 0 aliphatic rings. The fourth-order valence-corrected chi connectivity index (χ4v) is 2.31. The molecule has 0 aliphatic carbocycles. The van der Waals surface area contributed by atoms with E-state index in [4.69, 9.17) is 4.74 Å². The molecule has 0 saturated carbocycles. The first-order valence-corrected chi connectivity index (χ1v) is 8.57. The Morgan fingerprint density at radius 1 is 1.21 bits per heavy atom. The summed E-state index contributed by atoms with van der Waals surface area (Å²) >= 11 is 0. The van der Waals surface area contributed by atoms with Gasteiger partial charge in [-0.15, -0.1) is 0 Å². The molecule has 0 saturated heterocycles. The smallest absolute Gasteiger partial charge is 0.224 e. The molecule has 0 unspecified atom stereocenters. The number of benzene rings is 1. The zero-order valence-corrected chi connectivity index (χ0v) is 15.3. The molecule has 6 heteroatoms. The highest BCUT2D eigenvalue weighted by molar-refractivity contribution is 5.81. The minimum Gasteiger partial charge on any atom is -0.497 e. The maximum absolute atomic E-state index is 12.0. The van der Waals surface area contributed by atoms with E-state index in [2.05, 4.69) is 15.6 Å². The fourth-order valence-electron chi connectivity index (χ4n) is 2.31. The Morgan fingerprint density at radius 3 is 2.58 bits per heavy atom. The lowest BCUT2D eigenvalue weighted by molar-refractivity contribution is -0.130. The van der Waals surface area contributed by atoms with Gasteiger partial charge in [0.25, 0.3) is 0 Å². The largest absolute Gasteiger partial charge is 0.497 e. The number of nitrogens with one attached hydrogen (secondary N) is 2. The molecule has 24 heavy (non-hydrogen) atoms. The predicted octanol–water partition coefficient (Wildman–Crippen LogP) is 2.01. The van der Waals surface area contributed by atoms with Crippen molar-refractivity contribution in [2.24, 2.45) is 4.99 Å². The van der Waals surface area contributed by atoms with Crippen LogP contribution in [0.3, 0.4) is 0 Å². The summed E-state index contributed by atoms with van der Waals surface area (Å²) < 4.78 is 5.22. The third kappa shape index (κ3) is 6.89. The highest BCUT2D eigenvalue weighted by Gasteiger charge is 2.09. The SMILES string of the molecule is CCNC(=NCc1cccc(OC)c1)NCCC(=O)N(CC)CC. The Bertz CT molecular complexity index is 528. The lowest BCUT2D eigenvalue weighted by Gasteiger charge is -2.19. The summed E-state index contributed by atoms with van der Waals surface area (Å²) in [5.41, 5.74) is 1.07. The zero-order valence-electron chi connectivity index (χ0n) is 15.3. The molecule has 0 fully saturated rings. The van der Waals surface area contributed by atoms with E-state index in [1.807, 2.05) is 49.9 Å². The van der Waals surface area contributed by atoms with Crippen molar-refractivity contribution >= 4 is 11.9 Å². The van der Waals surface area contributed by atoms with Crippen molar-refractivity contribution in [3.05, 3.63) is 29.8 Å². The number of hydrogen-bond acceptors (Lipinski definition) is 3. The average Bonchev–Trinajstić information content (AvgIpc) is 2.61. The fraction of sp³-hybridized carbons (Fsp3) is 0.556. The summed E-state index contributed by atoms with van der Waals surface area (Å²) in [5, 5.41) is 6.41. The van der Waals surface area contributed by atoms with Crippen molar-refractivity contribution in [1.29, 1.82) is 0 Å². The van der Waals surface area contributed by atoms with Gasteiger partial charge in [-0.2, -0.15) is 0 Å². The molecular weight excluding hydrogens is 304 g/mol. The van der Waals surface area contributed by atoms with Gasteiger partial charge in [-0.05, 0) is 38.5 Å². The van der Waals surface area contributed by atoms with Crippen molar-refractivity contribution in [3.63, 3.8) is 0 Å². The second-order valence-electron chi connectivity index (χ2n) is 5.29. The standard InChI is InChI=1S/C18H30N4O2/c1-5-19-18(20-12-11-17(23)22(6-2)7-3)21-14-15-9-8-10-16(13-15)24-4/h8-10,13H,5-7,11-12,14H2,1-4H3,(H2,19,20,21). The number of ether oxygens (including phenoxy) is 1. The normalized spacial score (nSPS) is 11.1. The maximum atomic E-state index is 12.0. The van der Waals surface area contributed by atoms with Gasteiger partial charge in [0.05, 0.1) is 13.7 Å². The zero-order chi connectivity index (χ0) is 17.8. The van der Waals surface area contributed by atoms with Crippen LogP contribution < -0.4 is 15.4 Å². The molecule has 0 radical (unpaired) electrons.